The van der Waals surface area contributed by atoms with Crippen LogP contribution in [0, 0.1) is 0 Å². The van der Waals surface area contributed by atoms with Gasteiger partial charge in [-0.1, -0.05) is 30.2 Å². The van der Waals surface area contributed by atoms with Crippen molar-refractivity contribution in [1.82, 2.24) is 10.2 Å². The second-order valence-corrected chi connectivity index (χ2v) is 6.67. The second kappa shape index (κ2) is 6.93. The molecule has 2 aliphatic heterocycles. The van der Waals surface area contributed by atoms with Gasteiger partial charge in [-0.2, -0.15) is 0 Å². The maximum Gasteiger partial charge on any atom is 0.0453 e. The largest absolute Gasteiger partial charge is 0.314 e. The van der Waals surface area contributed by atoms with Gasteiger partial charge in [0.2, 0.25) is 0 Å². The van der Waals surface area contributed by atoms with Crippen molar-refractivity contribution >= 4 is 11.6 Å². The van der Waals surface area contributed by atoms with Gasteiger partial charge >= 0.3 is 0 Å². The summed E-state index contributed by atoms with van der Waals surface area (Å²) in [7, 11) is 0. The first-order valence-electron chi connectivity index (χ1n) is 8.04. The van der Waals surface area contributed by atoms with Gasteiger partial charge in [0.25, 0.3) is 0 Å². The van der Waals surface area contributed by atoms with E-state index in [1.807, 2.05) is 0 Å². The fourth-order valence-corrected chi connectivity index (χ4v) is 3.67. The van der Waals surface area contributed by atoms with Crippen LogP contribution in [0.2, 0.25) is 5.02 Å². The number of likely N-dealkylation sites (tertiary alicyclic amines) is 1. The standard InChI is InChI=1S/C17H25ClN2/c18-17-12-14(11-16-5-1-2-8-19-16)6-7-15(17)13-20-9-3-4-10-20/h6-7,12,16,19H,1-5,8-11,13H2. The number of hydrogen-bond donors (Lipinski definition) is 1. The lowest BCUT2D eigenvalue weighted by atomic mass is 9.97. The number of nitrogens with zero attached hydrogens (tertiary/aromatic N) is 1. The van der Waals surface area contributed by atoms with Gasteiger partial charge in [-0.05, 0) is 68.9 Å². The van der Waals surface area contributed by atoms with Crippen molar-refractivity contribution in [1.29, 1.82) is 0 Å². The molecule has 3 rings (SSSR count). The lowest BCUT2D eigenvalue weighted by molar-refractivity contribution is 0.331. The van der Waals surface area contributed by atoms with Gasteiger partial charge in [0.15, 0.2) is 0 Å². The lowest BCUT2D eigenvalue weighted by Crippen LogP contribution is -2.35. The Balaban J connectivity index is 1.60. The van der Waals surface area contributed by atoms with Crippen molar-refractivity contribution in [3.8, 4) is 0 Å². The maximum atomic E-state index is 6.48. The fourth-order valence-electron chi connectivity index (χ4n) is 3.41. The maximum absolute atomic E-state index is 6.48. The molecule has 20 heavy (non-hydrogen) atoms. The molecule has 0 spiro atoms. The van der Waals surface area contributed by atoms with E-state index in [0.29, 0.717) is 6.04 Å². The minimum atomic E-state index is 0.643. The number of benzene rings is 1. The summed E-state index contributed by atoms with van der Waals surface area (Å²) < 4.78 is 0. The van der Waals surface area contributed by atoms with Crippen LogP contribution in [0.3, 0.4) is 0 Å². The summed E-state index contributed by atoms with van der Waals surface area (Å²) in [5, 5.41) is 4.56. The molecule has 1 aromatic carbocycles. The number of hydrogen-bond acceptors (Lipinski definition) is 2. The smallest absolute Gasteiger partial charge is 0.0453 e. The van der Waals surface area contributed by atoms with Crippen LogP contribution in [0.25, 0.3) is 0 Å². The molecule has 1 aromatic rings. The lowest BCUT2D eigenvalue weighted by Gasteiger charge is -2.24. The molecule has 0 amide bonds. The van der Waals surface area contributed by atoms with Gasteiger partial charge in [-0.15, -0.1) is 0 Å². The molecule has 0 radical (unpaired) electrons. The Bertz CT molecular complexity index is 435. The number of rotatable bonds is 4. The first-order chi connectivity index (χ1) is 9.81. The zero-order valence-electron chi connectivity index (χ0n) is 12.2. The first-order valence-corrected chi connectivity index (χ1v) is 8.42. The third kappa shape index (κ3) is 3.75. The van der Waals surface area contributed by atoms with E-state index in [-0.39, 0.29) is 0 Å². The van der Waals surface area contributed by atoms with Crippen LogP contribution in [0.5, 0.6) is 0 Å². The minimum absolute atomic E-state index is 0.643. The first kappa shape index (κ1) is 14.4. The van der Waals surface area contributed by atoms with Gasteiger partial charge in [-0.3, -0.25) is 4.90 Å². The molecule has 110 valence electrons. The van der Waals surface area contributed by atoms with E-state index in [2.05, 4.69) is 28.4 Å². The van der Waals surface area contributed by atoms with Gasteiger partial charge < -0.3 is 5.32 Å². The fraction of sp³-hybridized carbons (Fsp3) is 0.647. The molecule has 0 aromatic heterocycles. The SMILES string of the molecule is Clc1cc(CC2CCCCN2)ccc1CN1CCCC1. The van der Waals surface area contributed by atoms with Gasteiger partial charge in [0.1, 0.15) is 0 Å². The number of piperidine rings is 1. The van der Waals surface area contributed by atoms with E-state index >= 15 is 0 Å². The predicted molar refractivity (Wildman–Crippen MR) is 85.3 cm³/mol. The number of nitrogens with one attached hydrogen (secondary N) is 1. The van der Waals surface area contributed by atoms with E-state index in [9.17, 15) is 0 Å². The zero-order chi connectivity index (χ0) is 13.8. The molecule has 2 aliphatic rings. The molecular weight excluding hydrogens is 268 g/mol. The highest BCUT2D eigenvalue weighted by Crippen LogP contribution is 2.23. The van der Waals surface area contributed by atoms with Crippen molar-refractivity contribution in [2.45, 2.75) is 51.1 Å². The normalized spacial score (nSPS) is 24.1. The Hall–Kier alpha value is -0.570. The summed E-state index contributed by atoms with van der Waals surface area (Å²) >= 11 is 6.48. The van der Waals surface area contributed by atoms with Crippen LogP contribution in [0.4, 0.5) is 0 Å². The van der Waals surface area contributed by atoms with Crippen LogP contribution >= 0.6 is 11.6 Å². The highest BCUT2D eigenvalue weighted by atomic mass is 35.5. The Morgan fingerprint density at radius 2 is 2.00 bits per heavy atom. The summed E-state index contributed by atoms with van der Waals surface area (Å²) in [4.78, 5) is 2.50. The summed E-state index contributed by atoms with van der Waals surface area (Å²) in [5.74, 6) is 0. The molecule has 0 saturated carbocycles. The van der Waals surface area contributed by atoms with Crippen molar-refractivity contribution in [3.63, 3.8) is 0 Å². The molecular formula is C17H25ClN2. The van der Waals surface area contributed by atoms with E-state index in [0.717, 1.165) is 18.0 Å². The molecule has 3 heteroatoms. The predicted octanol–water partition coefficient (Wildman–Crippen LogP) is 3.62. The third-order valence-corrected chi connectivity index (χ3v) is 4.96. The molecule has 1 N–H and O–H groups in total. The van der Waals surface area contributed by atoms with Gasteiger partial charge in [-0.25, -0.2) is 0 Å². The molecule has 0 bridgehead atoms. The highest BCUT2D eigenvalue weighted by Gasteiger charge is 2.15. The quantitative estimate of drug-likeness (QED) is 0.912. The molecule has 0 aliphatic carbocycles. The molecule has 2 saturated heterocycles. The number of halogens is 1. The monoisotopic (exact) mass is 292 g/mol. The summed E-state index contributed by atoms with van der Waals surface area (Å²) in [6.45, 7) is 4.64. The van der Waals surface area contributed by atoms with Crippen molar-refractivity contribution in [3.05, 3.63) is 34.3 Å². The molecule has 2 fully saturated rings. The Morgan fingerprint density at radius 3 is 2.70 bits per heavy atom. The summed E-state index contributed by atoms with van der Waals surface area (Å²) in [6, 6.07) is 7.33. The Labute approximate surface area is 127 Å². The van der Waals surface area contributed by atoms with Gasteiger partial charge in [0.05, 0.1) is 0 Å². The highest BCUT2D eigenvalue weighted by molar-refractivity contribution is 6.31. The molecule has 2 heterocycles. The van der Waals surface area contributed by atoms with E-state index in [1.54, 1.807) is 0 Å². The topological polar surface area (TPSA) is 15.3 Å². The van der Waals surface area contributed by atoms with Crippen LogP contribution in [-0.4, -0.2) is 30.6 Å². The molecule has 1 atom stereocenters. The van der Waals surface area contributed by atoms with Crippen molar-refractivity contribution in [2.75, 3.05) is 19.6 Å². The summed E-state index contributed by atoms with van der Waals surface area (Å²) in [5.41, 5.74) is 2.66. The van der Waals surface area contributed by atoms with Crippen molar-refractivity contribution < 1.29 is 0 Å². The van der Waals surface area contributed by atoms with Crippen LogP contribution < -0.4 is 5.32 Å². The Kier molecular flexibility index (Phi) is 4.98. The average Bonchev–Trinajstić information content (AvgIpc) is 2.96. The summed E-state index contributed by atoms with van der Waals surface area (Å²) in [6.07, 6.45) is 7.77. The van der Waals surface area contributed by atoms with Crippen molar-refractivity contribution in [2.24, 2.45) is 0 Å². The third-order valence-electron chi connectivity index (χ3n) is 4.60. The zero-order valence-corrected chi connectivity index (χ0v) is 13.0. The average molecular weight is 293 g/mol. The van der Waals surface area contributed by atoms with E-state index in [1.165, 1.54) is 62.9 Å². The van der Waals surface area contributed by atoms with Crippen LogP contribution in [0.15, 0.2) is 18.2 Å². The minimum Gasteiger partial charge on any atom is -0.314 e. The molecule has 1 unspecified atom stereocenters. The second-order valence-electron chi connectivity index (χ2n) is 6.26. The van der Waals surface area contributed by atoms with Gasteiger partial charge in [0, 0.05) is 17.6 Å². The Morgan fingerprint density at radius 1 is 1.15 bits per heavy atom. The molecule has 2 nitrogen and oxygen atoms in total. The van der Waals surface area contributed by atoms with E-state index in [4.69, 9.17) is 11.6 Å². The van der Waals surface area contributed by atoms with Crippen LogP contribution in [0.1, 0.15) is 43.2 Å². The van der Waals surface area contributed by atoms with Crippen LogP contribution in [-0.2, 0) is 13.0 Å². The van der Waals surface area contributed by atoms with E-state index < -0.39 is 0 Å².